The Labute approximate surface area is 72.0 Å². The van der Waals surface area contributed by atoms with Crippen LogP contribution < -0.4 is 5.73 Å². The maximum Gasteiger partial charge on any atom is 0.0682 e. The molecule has 0 atom stereocenters. The van der Waals surface area contributed by atoms with E-state index in [0.29, 0.717) is 6.54 Å². The Bertz CT molecular complexity index is 309. The molecule has 0 unspecified atom stereocenters. The summed E-state index contributed by atoms with van der Waals surface area (Å²) in [7, 11) is 0. The normalized spacial score (nSPS) is 8.83. The molecule has 0 radical (unpaired) electrons. The van der Waals surface area contributed by atoms with E-state index in [2.05, 4.69) is 11.8 Å². The molecule has 0 aromatic heterocycles. The maximum absolute atomic E-state index is 8.81. The van der Waals surface area contributed by atoms with E-state index in [1.165, 1.54) is 0 Å². The van der Waals surface area contributed by atoms with Gasteiger partial charge >= 0.3 is 0 Å². The fraction of sp³-hybridized carbons (Fsp3) is 0.200. The Morgan fingerprint density at radius 1 is 1.42 bits per heavy atom. The molecule has 0 saturated carbocycles. The second kappa shape index (κ2) is 4.55. The molecule has 0 amide bonds. The van der Waals surface area contributed by atoms with Gasteiger partial charge in [0.15, 0.2) is 0 Å². The highest BCUT2D eigenvalue weighted by atomic mass is 16.3. The number of nitrogens with two attached hydrogens (primary N) is 1. The van der Waals surface area contributed by atoms with Gasteiger partial charge in [-0.25, -0.2) is 0 Å². The van der Waals surface area contributed by atoms with Gasteiger partial charge in [-0.3, -0.25) is 0 Å². The van der Waals surface area contributed by atoms with Crippen LogP contribution in [0.5, 0.6) is 0 Å². The Hall–Kier alpha value is -1.30. The lowest BCUT2D eigenvalue weighted by Crippen LogP contribution is -1.93. The third-order valence-electron chi connectivity index (χ3n) is 1.44. The number of aliphatic hydroxyl groups excluding tert-OH is 1. The number of hydrogen-bond acceptors (Lipinski definition) is 2. The van der Waals surface area contributed by atoms with Crippen molar-refractivity contribution in [1.82, 2.24) is 0 Å². The largest absolute Gasteiger partial charge is 0.392 e. The monoisotopic (exact) mass is 161 g/mol. The van der Waals surface area contributed by atoms with Gasteiger partial charge in [0.05, 0.1) is 13.2 Å². The summed E-state index contributed by atoms with van der Waals surface area (Å²) in [5.74, 6) is 5.64. The molecule has 2 heteroatoms. The smallest absolute Gasteiger partial charge is 0.0682 e. The molecule has 12 heavy (non-hydrogen) atoms. The molecule has 3 N–H and O–H groups in total. The average molecular weight is 161 g/mol. The molecule has 0 heterocycles. The summed E-state index contributed by atoms with van der Waals surface area (Å²) in [5.41, 5.74) is 6.99. The van der Waals surface area contributed by atoms with Crippen LogP contribution in [0.3, 0.4) is 0 Å². The molecule has 0 fully saturated rings. The summed E-state index contributed by atoms with van der Waals surface area (Å²) in [4.78, 5) is 0. The van der Waals surface area contributed by atoms with Crippen molar-refractivity contribution in [3.8, 4) is 11.8 Å². The topological polar surface area (TPSA) is 46.2 Å². The SMILES string of the molecule is NCC#Cc1cccc(CO)c1. The van der Waals surface area contributed by atoms with Crippen molar-refractivity contribution < 1.29 is 5.11 Å². The van der Waals surface area contributed by atoms with Crippen LogP contribution in [-0.4, -0.2) is 11.7 Å². The zero-order valence-corrected chi connectivity index (χ0v) is 6.75. The van der Waals surface area contributed by atoms with Crippen LogP contribution in [0, 0.1) is 11.8 Å². The van der Waals surface area contributed by atoms with Crippen LogP contribution >= 0.6 is 0 Å². The third-order valence-corrected chi connectivity index (χ3v) is 1.44. The second-order valence-electron chi connectivity index (χ2n) is 2.36. The molecule has 0 spiro atoms. The Morgan fingerprint density at radius 3 is 2.92 bits per heavy atom. The molecule has 0 saturated heterocycles. The zero-order chi connectivity index (χ0) is 8.81. The predicted molar refractivity (Wildman–Crippen MR) is 48.3 cm³/mol. The highest BCUT2D eigenvalue weighted by molar-refractivity contribution is 5.36. The van der Waals surface area contributed by atoms with E-state index in [4.69, 9.17) is 10.8 Å². The first-order chi connectivity index (χ1) is 5.86. The number of aliphatic hydroxyl groups is 1. The van der Waals surface area contributed by atoms with Crippen molar-refractivity contribution in [2.75, 3.05) is 6.54 Å². The zero-order valence-electron chi connectivity index (χ0n) is 6.75. The van der Waals surface area contributed by atoms with E-state index in [0.717, 1.165) is 11.1 Å². The fourth-order valence-electron chi connectivity index (χ4n) is 0.901. The van der Waals surface area contributed by atoms with Crippen LogP contribution in [0.25, 0.3) is 0 Å². The first kappa shape index (κ1) is 8.79. The van der Waals surface area contributed by atoms with E-state index in [-0.39, 0.29) is 6.61 Å². The lowest BCUT2D eigenvalue weighted by atomic mass is 10.1. The lowest BCUT2D eigenvalue weighted by Gasteiger charge is -1.94. The second-order valence-corrected chi connectivity index (χ2v) is 2.36. The molecule has 0 bridgehead atoms. The molecule has 2 nitrogen and oxygen atoms in total. The summed E-state index contributed by atoms with van der Waals surface area (Å²) < 4.78 is 0. The van der Waals surface area contributed by atoms with E-state index in [1.54, 1.807) is 0 Å². The number of hydrogen-bond donors (Lipinski definition) is 2. The molecule has 1 aromatic carbocycles. The number of benzene rings is 1. The molecule has 1 aromatic rings. The molecule has 1 rings (SSSR count). The molecule has 0 aliphatic carbocycles. The molecular weight excluding hydrogens is 150 g/mol. The minimum Gasteiger partial charge on any atom is -0.392 e. The van der Waals surface area contributed by atoms with Gasteiger partial charge in [0.25, 0.3) is 0 Å². The average Bonchev–Trinajstić information content (AvgIpc) is 2.15. The summed E-state index contributed by atoms with van der Waals surface area (Å²) in [6, 6.07) is 7.46. The summed E-state index contributed by atoms with van der Waals surface area (Å²) in [6.07, 6.45) is 0. The maximum atomic E-state index is 8.81. The highest BCUT2D eigenvalue weighted by Crippen LogP contribution is 2.03. The quantitative estimate of drug-likeness (QED) is 0.589. The molecular formula is C10H11NO. The third kappa shape index (κ3) is 2.39. The van der Waals surface area contributed by atoms with Crippen LogP contribution in [0.1, 0.15) is 11.1 Å². The summed E-state index contributed by atoms with van der Waals surface area (Å²) in [6.45, 7) is 0.418. The fourth-order valence-corrected chi connectivity index (χ4v) is 0.901. The standard InChI is InChI=1S/C10H11NO/c11-6-2-5-9-3-1-4-10(7-9)8-12/h1,3-4,7,12H,6,8,11H2. The van der Waals surface area contributed by atoms with Gasteiger partial charge in [-0.05, 0) is 17.7 Å². The Balaban J connectivity index is 2.86. The van der Waals surface area contributed by atoms with Crippen molar-refractivity contribution in [2.45, 2.75) is 6.61 Å². The Morgan fingerprint density at radius 2 is 2.25 bits per heavy atom. The van der Waals surface area contributed by atoms with E-state index < -0.39 is 0 Å². The predicted octanol–water partition coefficient (Wildman–Crippen LogP) is 0.489. The van der Waals surface area contributed by atoms with Gasteiger partial charge in [0.1, 0.15) is 0 Å². The van der Waals surface area contributed by atoms with Crippen LogP contribution in [0.15, 0.2) is 24.3 Å². The van der Waals surface area contributed by atoms with Crippen molar-refractivity contribution in [2.24, 2.45) is 5.73 Å². The van der Waals surface area contributed by atoms with Crippen LogP contribution in [-0.2, 0) is 6.61 Å². The highest BCUT2D eigenvalue weighted by Gasteiger charge is 1.89. The first-order valence-electron chi connectivity index (χ1n) is 3.75. The number of rotatable bonds is 1. The van der Waals surface area contributed by atoms with Crippen molar-refractivity contribution in [3.05, 3.63) is 35.4 Å². The van der Waals surface area contributed by atoms with E-state index >= 15 is 0 Å². The van der Waals surface area contributed by atoms with Crippen LogP contribution in [0.2, 0.25) is 0 Å². The summed E-state index contributed by atoms with van der Waals surface area (Å²) in [5, 5.41) is 8.81. The van der Waals surface area contributed by atoms with Crippen molar-refractivity contribution in [3.63, 3.8) is 0 Å². The molecule has 62 valence electrons. The van der Waals surface area contributed by atoms with Gasteiger partial charge in [-0.1, -0.05) is 24.0 Å². The Kier molecular flexibility index (Phi) is 3.34. The van der Waals surface area contributed by atoms with Crippen molar-refractivity contribution in [1.29, 1.82) is 0 Å². The minimum absolute atomic E-state index is 0.0537. The minimum atomic E-state index is 0.0537. The van der Waals surface area contributed by atoms with Crippen LogP contribution in [0.4, 0.5) is 0 Å². The van der Waals surface area contributed by atoms with Crippen molar-refractivity contribution >= 4 is 0 Å². The first-order valence-corrected chi connectivity index (χ1v) is 3.75. The van der Waals surface area contributed by atoms with Gasteiger partial charge in [0, 0.05) is 5.56 Å². The molecule has 0 aliphatic heterocycles. The van der Waals surface area contributed by atoms with E-state index in [1.807, 2.05) is 24.3 Å². The van der Waals surface area contributed by atoms with Gasteiger partial charge in [-0.2, -0.15) is 0 Å². The van der Waals surface area contributed by atoms with Gasteiger partial charge < -0.3 is 10.8 Å². The van der Waals surface area contributed by atoms with Gasteiger partial charge in [0.2, 0.25) is 0 Å². The van der Waals surface area contributed by atoms with E-state index in [9.17, 15) is 0 Å². The summed E-state index contributed by atoms with van der Waals surface area (Å²) >= 11 is 0. The molecule has 0 aliphatic rings. The van der Waals surface area contributed by atoms with Gasteiger partial charge in [-0.15, -0.1) is 0 Å². The lowest BCUT2D eigenvalue weighted by molar-refractivity contribution is 0.282.